The van der Waals surface area contributed by atoms with Gasteiger partial charge < -0.3 is 10.5 Å². The smallest absolute Gasteiger partial charge is 0.387 e. The lowest BCUT2D eigenvalue weighted by atomic mass is 9.83. The van der Waals surface area contributed by atoms with Gasteiger partial charge in [0.15, 0.2) is 0 Å². The first kappa shape index (κ1) is 14.3. The summed E-state index contributed by atoms with van der Waals surface area (Å²) in [6.07, 6.45) is 7.07. The Balaban J connectivity index is 2.02. The van der Waals surface area contributed by atoms with E-state index in [1.54, 1.807) is 18.2 Å². The summed E-state index contributed by atoms with van der Waals surface area (Å²) in [4.78, 5) is 0. The molecule has 0 heterocycles. The molecule has 0 aliphatic heterocycles. The first-order valence-corrected chi connectivity index (χ1v) is 6.96. The van der Waals surface area contributed by atoms with Gasteiger partial charge in [-0.3, -0.25) is 0 Å². The highest BCUT2D eigenvalue weighted by molar-refractivity contribution is 5.35. The molecule has 2 nitrogen and oxygen atoms in total. The van der Waals surface area contributed by atoms with Crippen LogP contribution in [0.5, 0.6) is 5.75 Å². The van der Waals surface area contributed by atoms with Crippen molar-refractivity contribution in [2.45, 2.75) is 51.2 Å². The van der Waals surface area contributed by atoms with E-state index in [9.17, 15) is 8.78 Å². The van der Waals surface area contributed by atoms with Gasteiger partial charge in [-0.15, -0.1) is 0 Å². The van der Waals surface area contributed by atoms with Crippen molar-refractivity contribution in [2.24, 2.45) is 11.7 Å². The van der Waals surface area contributed by atoms with Crippen molar-refractivity contribution < 1.29 is 13.5 Å². The molecule has 19 heavy (non-hydrogen) atoms. The maximum atomic E-state index is 12.4. The van der Waals surface area contributed by atoms with Gasteiger partial charge in [-0.2, -0.15) is 8.78 Å². The van der Waals surface area contributed by atoms with Gasteiger partial charge in [0.25, 0.3) is 0 Å². The van der Waals surface area contributed by atoms with Crippen LogP contribution in [-0.4, -0.2) is 6.61 Å². The zero-order valence-corrected chi connectivity index (χ0v) is 11.0. The predicted molar refractivity (Wildman–Crippen MR) is 71.2 cm³/mol. The predicted octanol–water partition coefficient (Wildman–Crippen LogP) is 4.26. The van der Waals surface area contributed by atoms with Crippen LogP contribution in [0.3, 0.4) is 0 Å². The first-order valence-electron chi connectivity index (χ1n) is 6.96. The minimum Gasteiger partial charge on any atom is -0.434 e. The van der Waals surface area contributed by atoms with Crippen molar-refractivity contribution in [1.29, 1.82) is 0 Å². The summed E-state index contributed by atoms with van der Waals surface area (Å²) in [7, 11) is 0. The first-order chi connectivity index (χ1) is 9.16. The van der Waals surface area contributed by atoms with Crippen LogP contribution in [0.2, 0.25) is 0 Å². The Morgan fingerprint density at radius 2 is 1.84 bits per heavy atom. The Morgan fingerprint density at radius 1 is 1.16 bits per heavy atom. The van der Waals surface area contributed by atoms with Crippen LogP contribution in [0.1, 0.15) is 50.1 Å². The Morgan fingerprint density at radius 3 is 2.53 bits per heavy atom. The Hall–Kier alpha value is -1.16. The van der Waals surface area contributed by atoms with Crippen LogP contribution < -0.4 is 10.5 Å². The Kier molecular flexibility index (Phi) is 5.14. The van der Waals surface area contributed by atoms with Crippen LogP contribution in [0.15, 0.2) is 24.3 Å². The summed E-state index contributed by atoms with van der Waals surface area (Å²) in [5.74, 6) is 0.823. The van der Waals surface area contributed by atoms with Crippen molar-refractivity contribution in [3.8, 4) is 5.75 Å². The Labute approximate surface area is 112 Å². The fourth-order valence-corrected chi connectivity index (χ4v) is 2.90. The number of nitrogens with two attached hydrogens (primary N) is 1. The number of ether oxygens (including phenoxy) is 1. The molecular formula is C15H21F2NO. The highest BCUT2D eigenvalue weighted by Gasteiger charge is 2.20. The van der Waals surface area contributed by atoms with E-state index in [1.807, 2.05) is 6.07 Å². The van der Waals surface area contributed by atoms with E-state index in [-0.39, 0.29) is 11.8 Å². The fraction of sp³-hybridized carbons (Fsp3) is 0.600. The molecule has 1 aliphatic carbocycles. The van der Waals surface area contributed by atoms with Crippen LogP contribution >= 0.6 is 0 Å². The molecule has 0 amide bonds. The van der Waals surface area contributed by atoms with Crippen molar-refractivity contribution >= 4 is 0 Å². The number of alkyl halides is 2. The summed E-state index contributed by atoms with van der Waals surface area (Å²) in [5.41, 5.74) is 6.87. The third kappa shape index (κ3) is 4.16. The second-order valence-corrected chi connectivity index (χ2v) is 5.26. The Bertz CT molecular complexity index is 391. The molecule has 0 saturated heterocycles. The summed E-state index contributed by atoms with van der Waals surface area (Å²) < 4.78 is 29.3. The van der Waals surface area contributed by atoms with Gasteiger partial charge in [0.05, 0.1) is 0 Å². The monoisotopic (exact) mass is 269 g/mol. The molecule has 1 aromatic rings. The molecule has 1 aromatic carbocycles. The molecule has 0 bridgehead atoms. The fourth-order valence-electron chi connectivity index (χ4n) is 2.90. The van der Waals surface area contributed by atoms with Gasteiger partial charge in [0, 0.05) is 11.6 Å². The summed E-state index contributed by atoms with van der Waals surface area (Å²) in [6.45, 7) is -2.80. The number of hydrogen-bond donors (Lipinski definition) is 1. The molecule has 1 saturated carbocycles. The third-order valence-electron chi connectivity index (χ3n) is 3.85. The van der Waals surface area contributed by atoms with Gasteiger partial charge in [-0.1, -0.05) is 50.3 Å². The minimum absolute atomic E-state index is 0.209. The molecule has 1 aliphatic rings. The summed E-state index contributed by atoms with van der Waals surface area (Å²) in [5, 5.41) is 0. The molecule has 1 unspecified atom stereocenters. The van der Waals surface area contributed by atoms with Crippen molar-refractivity contribution in [2.75, 3.05) is 0 Å². The SMILES string of the molecule is NC(CC1CCCCC1)c1ccccc1OC(F)F. The van der Waals surface area contributed by atoms with E-state index in [1.165, 1.54) is 32.1 Å². The molecule has 4 heteroatoms. The van der Waals surface area contributed by atoms with Crippen molar-refractivity contribution in [3.05, 3.63) is 29.8 Å². The van der Waals surface area contributed by atoms with Crippen LogP contribution in [0.4, 0.5) is 8.78 Å². The quantitative estimate of drug-likeness (QED) is 0.867. The van der Waals surface area contributed by atoms with Gasteiger partial charge in [-0.05, 0) is 18.4 Å². The van der Waals surface area contributed by atoms with Crippen LogP contribution in [-0.2, 0) is 0 Å². The van der Waals surface area contributed by atoms with Crippen LogP contribution in [0.25, 0.3) is 0 Å². The largest absolute Gasteiger partial charge is 0.434 e. The van der Waals surface area contributed by atoms with Gasteiger partial charge in [-0.25, -0.2) is 0 Å². The zero-order chi connectivity index (χ0) is 13.7. The lowest BCUT2D eigenvalue weighted by Crippen LogP contribution is -2.18. The number of halogens is 2. The molecule has 2 N–H and O–H groups in total. The van der Waals surface area contributed by atoms with Crippen molar-refractivity contribution in [1.82, 2.24) is 0 Å². The molecule has 0 aromatic heterocycles. The lowest BCUT2D eigenvalue weighted by Gasteiger charge is -2.25. The minimum atomic E-state index is -2.80. The molecule has 0 radical (unpaired) electrons. The zero-order valence-electron chi connectivity index (χ0n) is 11.0. The van der Waals surface area contributed by atoms with E-state index in [0.29, 0.717) is 11.5 Å². The van der Waals surface area contributed by atoms with E-state index in [4.69, 9.17) is 5.73 Å². The van der Waals surface area contributed by atoms with E-state index >= 15 is 0 Å². The average Bonchev–Trinajstić information content (AvgIpc) is 2.39. The van der Waals surface area contributed by atoms with E-state index in [0.717, 1.165) is 6.42 Å². The third-order valence-corrected chi connectivity index (χ3v) is 3.85. The maximum Gasteiger partial charge on any atom is 0.387 e. The second kappa shape index (κ2) is 6.85. The maximum absolute atomic E-state index is 12.4. The highest BCUT2D eigenvalue weighted by atomic mass is 19.3. The van der Waals surface area contributed by atoms with Gasteiger partial charge in [0.2, 0.25) is 0 Å². The van der Waals surface area contributed by atoms with Gasteiger partial charge in [0.1, 0.15) is 5.75 Å². The van der Waals surface area contributed by atoms with Crippen molar-refractivity contribution in [3.63, 3.8) is 0 Å². The topological polar surface area (TPSA) is 35.2 Å². The number of para-hydroxylation sites is 1. The molecule has 0 spiro atoms. The lowest BCUT2D eigenvalue weighted by molar-refractivity contribution is -0.0506. The molecular weight excluding hydrogens is 248 g/mol. The van der Waals surface area contributed by atoms with Crippen LogP contribution in [0, 0.1) is 5.92 Å². The summed E-state index contributed by atoms with van der Waals surface area (Å²) in [6, 6.07) is 6.62. The molecule has 106 valence electrons. The molecule has 2 rings (SSSR count). The average molecular weight is 269 g/mol. The molecule has 1 fully saturated rings. The van der Waals surface area contributed by atoms with E-state index in [2.05, 4.69) is 4.74 Å². The highest BCUT2D eigenvalue weighted by Crippen LogP contribution is 2.34. The normalized spacial score (nSPS) is 18.5. The summed E-state index contributed by atoms with van der Waals surface area (Å²) >= 11 is 0. The number of benzene rings is 1. The molecule has 1 atom stereocenters. The second-order valence-electron chi connectivity index (χ2n) is 5.26. The number of rotatable bonds is 5. The van der Waals surface area contributed by atoms with Gasteiger partial charge >= 0.3 is 6.61 Å². The standard InChI is InChI=1S/C15H21F2NO/c16-15(17)19-14-9-5-4-8-12(14)13(18)10-11-6-2-1-3-7-11/h4-5,8-9,11,13,15H,1-3,6-7,10,18H2. The van der Waals surface area contributed by atoms with E-state index < -0.39 is 6.61 Å². The number of hydrogen-bond acceptors (Lipinski definition) is 2.